The van der Waals surface area contributed by atoms with E-state index in [2.05, 4.69) is 20.3 Å². The average molecular weight is 423 g/mol. The molecule has 0 atom stereocenters. The molecule has 8 nitrogen and oxygen atoms in total. The molecule has 0 radical (unpaired) electrons. The first-order chi connectivity index (χ1) is 14.5. The molecule has 9 heteroatoms. The third-order valence-electron chi connectivity index (χ3n) is 4.59. The summed E-state index contributed by atoms with van der Waals surface area (Å²) in [6.45, 7) is 6.28. The Balaban J connectivity index is 1.38. The van der Waals surface area contributed by atoms with Crippen molar-refractivity contribution >= 4 is 11.8 Å². The Bertz CT molecular complexity index is 1130. The third kappa shape index (κ3) is 4.30. The standard InChI is InChI=1S/C21H22N6O2S/c1-13-7-9-16(10-8-13)20-23-17(26-29-20)12-30-21-25-24-18(27(21)22)11-28-19-14(2)5-4-6-15(19)3/h4-10H,11-12,22H2,1-3H3. The fraction of sp³-hybridized carbons (Fsp3) is 0.238. The molecule has 0 spiro atoms. The van der Waals surface area contributed by atoms with Crippen molar-refractivity contribution in [2.45, 2.75) is 38.3 Å². The summed E-state index contributed by atoms with van der Waals surface area (Å²) >= 11 is 1.38. The lowest BCUT2D eigenvalue weighted by Crippen LogP contribution is -2.16. The number of nitrogen functional groups attached to an aromatic ring is 1. The predicted molar refractivity (Wildman–Crippen MR) is 114 cm³/mol. The number of nitrogens with two attached hydrogens (primary N) is 1. The van der Waals surface area contributed by atoms with Gasteiger partial charge in [0, 0.05) is 5.56 Å². The molecule has 4 rings (SSSR count). The van der Waals surface area contributed by atoms with Gasteiger partial charge in [-0.1, -0.05) is 52.8 Å². The molecule has 0 bridgehead atoms. The molecule has 30 heavy (non-hydrogen) atoms. The Hall–Kier alpha value is -3.33. The second kappa shape index (κ2) is 8.58. The highest BCUT2D eigenvalue weighted by Gasteiger charge is 2.15. The lowest BCUT2D eigenvalue weighted by molar-refractivity contribution is 0.288. The molecule has 2 heterocycles. The quantitative estimate of drug-likeness (QED) is 0.354. The molecule has 0 saturated heterocycles. The van der Waals surface area contributed by atoms with Crippen LogP contribution in [0.4, 0.5) is 0 Å². The van der Waals surface area contributed by atoms with E-state index in [1.807, 2.05) is 63.2 Å². The van der Waals surface area contributed by atoms with Crippen LogP contribution in [0.5, 0.6) is 5.75 Å². The van der Waals surface area contributed by atoms with E-state index in [-0.39, 0.29) is 6.61 Å². The maximum atomic E-state index is 6.14. The number of thioether (sulfide) groups is 1. The van der Waals surface area contributed by atoms with Gasteiger partial charge in [0.2, 0.25) is 5.16 Å². The van der Waals surface area contributed by atoms with Gasteiger partial charge in [0.25, 0.3) is 5.89 Å². The van der Waals surface area contributed by atoms with Gasteiger partial charge < -0.3 is 15.1 Å². The van der Waals surface area contributed by atoms with Crippen molar-refractivity contribution in [1.29, 1.82) is 0 Å². The number of hydrogen-bond acceptors (Lipinski definition) is 8. The molecule has 2 aromatic carbocycles. The summed E-state index contributed by atoms with van der Waals surface area (Å²) in [5.41, 5.74) is 4.19. The molecule has 0 aliphatic carbocycles. The molecule has 0 aliphatic heterocycles. The van der Waals surface area contributed by atoms with Crippen LogP contribution >= 0.6 is 11.8 Å². The zero-order valence-corrected chi connectivity index (χ0v) is 17.8. The highest BCUT2D eigenvalue weighted by atomic mass is 32.2. The number of hydrogen-bond donors (Lipinski definition) is 1. The Morgan fingerprint density at radius 2 is 1.77 bits per heavy atom. The maximum Gasteiger partial charge on any atom is 0.257 e. The van der Waals surface area contributed by atoms with Crippen molar-refractivity contribution in [3.8, 4) is 17.2 Å². The lowest BCUT2D eigenvalue weighted by Gasteiger charge is -2.11. The molecule has 2 aromatic heterocycles. The van der Waals surface area contributed by atoms with Crippen LogP contribution in [0.25, 0.3) is 11.5 Å². The summed E-state index contributed by atoms with van der Waals surface area (Å²) in [6.07, 6.45) is 0. The Kier molecular flexibility index (Phi) is 5.71. The molecule has 0 fully saturated rings. The van der Waals surface area contributed by atoms with Crippen molar-refractivity contribution in [3.63, 3.8) is 0 Å². The first kappa shape index (κ1) is 20.0. The van der Waals surface area contributed by atoms with E-state index in [0.29, 0.717) is 28.4 Å². The predicted octanol–water partition coefficient (Wildman–Crippen LogP) is 3.84. The zero-order chi connectivity index (χ0) is 21.1. The van der Waals surface area contributed by atoms with Crippen LogP contribution in [0.2, 0.25) is 0 Å². The Morgan fingerprint density at radius 1 is 1.03 bits per heavy atom. The van der Waals surface area contributed by atoms with Gasteiger partial charge in [0.15, 0.2) is 11.6 Å². The van der Waals surface area contributed by atoms with Crippen LogP contribution < -0.4 is 10.6 Å². The minimum atomic E-state index is 0.232. The van der Waals surface area contributed by atoms with Gasteiger partial charge in [-0.15, -0.1) is 10.2 Å². The van der Waals surface area contributed by atoms with Crippen LogP contribution in [-0.2, 0) is 12.4 Å². The summed E-state index contributed by atoms with van der Waals surface area (Å²) in [6, 6.07) is 13.9. The number of rotatable bonds is 7. The second-order valence-corrected chi connectivity index (χ2v) is 7.89. The highest BCUT2D eigenvalue weighted by Crippen LogP contribution is 2.25. The first-order valence-corrected chi connectivity index (χ1v) is 10.4. The number of aromatic nitrogens is 5. The van der Waals surface area contributed by atoms with Gasteiger partial charge in [-0.25, -0.2) is 4.68 Å². The van der Waals surface area contributed by atoms with Crippen molar-refractivity contribution in [2.75, 3.05) is 5.84 Å². The third-order valence-corrected chi connectivity index (χ3v) is 5.53. The normalized spacial score (nSPS) is 11.0. The molecular formula is C21H22N6O2S. The van der Waals surface area contributed by atoms with Gasteiger partial charge in [-0.05, 0) is 44.0 Å². The van der Waals surface area contributed by atoms with Crippen LogP contribution in [-0.4, -0.2) is 25.0 Å². The number of para-hydroxylation sites is 1. The van der Waals surface area contributed by atoms with E-state index >= 15 is 0 Å². The summed E-state index contributed by atoms with van der Waals surface area (Å²) in [5, 5.41) is 12.9. The van der Waals surface area contributed by atoms with Gasteiger partial charge in [0.05, 0.1) is 5.75 Å². The van der Waals surface area contributed by atoms with Crippen molar-refractivity contribution in [3.05, 3.63) is 70.8 Å². The van der Waals surface area contributed by atoms with Crippen LogP contribution in [0, 0.1) is 20.8 Å². The lowest BCUT2D eigenvalue weighted by atomic mass is 10.1. The first-order valence-electron chi connectivity index (χ1n) is 9.42. The molecule has 0 unspecified atom stereocenters. The monoisotopic (exact) mass is 422 g/mol. The van der Waals surface area contributed by atoms with E-state index in [1.165, 1.54) is 22.0 Å². The molecule has 2 N–H and O–H groups in total. The minimum absolute atomic E-state index is 0.232. The summed E-state index contributed by atoms with van der Waals surface area (Å²) in [5.74, 6) is 9.03. The molecule has 4 aromatic rings. The Labute approximate surface area is 178 Å². The number of ether oxygens (including phenoxy) is 1. The molecule has 154 valence electrons. The highest BCUT2D eigenvalue weighted by molar-refractivity contribution is 7.98. The minimum Gasteiger partial charge on any atom is -0.485 e. The summed E-state index contributed by atoms with van der Waals surface area (Å²) < 4.78 is 12.7. The van der Waals surface area contributed by atoms with Gasteiger partial charge >= 0.3 is 0 Å². The second-order valence-electron chi connectivity index (χ2n) is 6.95. The van der Waals surface area contributed by atoms with Crippen LogP contribution in [0.1, 0.15) is 28.3 Å². The summed E-state index contributed by atoms with van der Waals surface area (Å²) in [7, 11) is 0. The average Bonchev–Trinajstić information content (AvgIpc) is 3.34. The van der Waals surface area contributed by atoms with Gasteiger partial charge in [0.1, 0.15) is 12.4 Å². The van der Waals surface area contributed by atoms with Crippen LogP contribution in [0.15, 0.2) is 52.1 Å². The van der Waals surface area contributed by atoms with Gasteiger partial charge in [-0.2, -0.15) is 4.98 Å². The molecule has 0 saturated carbocycles. The number of aryl methyl sites for hydroxylation is 3. The van der Waals surface area contributed by atoms with Crippen molar-refractivity contribution in [2.24, 2.45) is 0 Å². The fourth-order valence-electron chi connectivity index (χ4n) is 2.92. The number of benzene rings is 2. The SMILES string of the molecule is Cc1ccc(-c2nc(CSc3nnc(COc4c(C)cccc4C)n3N)no2)cc1. The molecular weight excluding hydrogens is 400 g/mol. The topological polar surface area (TPSA) is 105 Å². The van der Waals surface area contributed by atoms with Crippen molar-refractivity contribution < 1.29 is 9.26 Å². The Morgan fingerprint density at radius 3 is 2.50 bits per heavy atom. The molecule has 0 aliphatic rings. The van der Waals surface area contributed by atoms with E-state index < -0.39 is 0 Å². The summed E-state index contributed by atoms with van der Waals surface area (Å²) in [4.78, 5) is 4.44. The molecule has 0 amide bonds. The fourth-order valence-corrected chi connectivity index (χ4v) is 3.64. The largest absolute Gasteiger partial charge is 0.485 e. The smallest absolute Gasteiger partial charge is 0.257 e. The van der Waals surface area contributed by atoms with E-state index in [0.717, 1.165) is 22.4 Å². The zero-order valence-electron chi connectivity index (χ0n) is 17.0. The van der Waals surface area contributed by atoms with E-state index in [9.17, 15) is 0 Å². The van der Waals surface area contributed by atoms with E-state index in [4.69, 9.17) is 15.1 Å². The van der Waals surface area contributed by atoms with Crippen molar-refractivity contribution in [1.82, 2.24) is 25.0 Å². The van der Waals surface area contributed by atoms with E-state index in [1.54, 1.807) is 0 Å². The van der Waals surface area contributed by atoms with Crippen LogP contribution in [0.3, 0.4) is 0 Å². The van der Waals surface area contributed by atoms with Gasteiger partial charge in [-0.3, -0.25) is 0 Å². The number of nitrogens with zero attached hydrogens (tertiary/aromatic N) is 5. The maximum absolute atomic E-state index is 6.14.